The largest absolute Gasteiger partial charge is 0.387 e. The molecule has 1 heterocycles. The van der Waals surface area contributed by atoms with Gasteiger partial charge in [0, 0.05) is 18.6 Å². The van der Waals surface area contributed by atoms with Gasteiger partial charge in [0.25, 0.3) is 5.91 Å². The highest BCUT2D eigenvalue weighted by Gasteiger charge is 2.19. The Kier molecular flexibility index (Phi) is 4.88. The highest BCUT2D eigenvalue weighted by atomic mass is 35.5. The molecule has 0 aliphatic rings. The first-order chi connectivity index (χ1) is 9.90. The van der Waals surface area contributed by atoms with E-state index in [4.69, 9.17) is 23.2 Å². The minimum atomic E-state index is -0.818. The van der Waals surface area contributed by atoms with Crippen molar-refractivity contribution in [3.05, 3.63) is 51.3 Å². The van der Waals surface area contributed by atoms with E-state index >= 15 is 0 Å². The molecule has 0 fully saturated rings. The van der Waals surface area contributed by atoms with E-state index in [9.17, 15) is 9.90 Å². The second kappa shape index (κ2) is 6.47. The van der Waals surface area contributed by atoms with Crippen LogP contribution < -0.4 is 5.32 Å². The number of aliphatic hydroxyl groups excluding tert-OH is 1. The molecule has 2 aromatic rings. The quantitative estimate of drug-likeness (QED) is 0.906. The number of nitrogens with one attached hydrogen (secondary N) is 1. The van der Waals surface area contributed by atoms with Crippen molar-refractivity contribution >= 4 is 29.1 Å². The van der Waals surface area contributed by atoms with Gasteiger partial charge >= 0.3 is 0 Å². The Balaban J connectivity index is 2.02. The highest BCUT2D eigenvalue weighted by Crippen LogP contribution is 2.19. The molecular weight excluding hydrogens is 313 g/mol. The molecule has 0 saturated carbocycles. The molecule has 112 valence electrons. The van der Waals surface area contributed by atoms with Crippen LogP contribution in [0.25, 0.3) is 0 Å². The molecule has 0 bridgehead atoms. The number of amides is 1. The zero-order valence-electron chi connectivity index (χ0n) is 11.6. The van der Waals surface area contributed by atoms with E-state index in [2.05, 4.69) is 10.4 Å². The van der Waals surface area contributed by atoms with Crippen LogP contribution in [-0.4, -0.2) is 27.3 Å². The maximum absolute atomic E-state index is 12.1. The van der Waals surface area contributed by atoms with Gasteiger partial charge in [-0.25, -0.2) is 0 Å². The van der Waals surface area contributed by atoms with Gasteiger partial charge < -0.3 is 10.4 Å². The van der Waals surface area contributed by atoms with Crippen molar-refractivity contribution in [1.82, 2.24) is 15.1 Å². The van der Waals surface area contributed by atoms with E-state index in [0.717, 1.165) is 0 Å². The van der Waals surface area contributed by atoms with Crippen molar-refractivity contribution in [1.29, 1.82) is 0 Å². The van der Waals surface area contributed by atoms with Crippen LogP contribution in [0.1, 0.15) is 27.7 Å². The third-order valence-corrected chi connectivity index (χ3v) is 3.78. The topological polar surface area (TPSA) is 67.2 Å². The van der Waals surface area contributed by atoms with Crippen molar-refractivity contribution < 1.29 is 9.90 Å². The third-order valence-electron chi connectivity index (χ3n) is 3.09. The number of aliphatic hydroxyl groups is 1. The fraction of sp³-hybridized carbons (Fsp3) is 0.286. The van der Waals surface area contributed by atoms with Crippen LogP contribution in [-0.2, 0) is 7.05 Å². The average Bonchev–Trinajstić information content (AvgIpc) is 2.70. The summed E-state index contributed by atoms with van der Waals surface area (Å²) in [4.78, 5) is 12.1. The molecule has 2 N–H and O–H groups in total. The lowest BCUT2D eigenvalue weighted by molar-refractivity contribution is 0.0916. The third kappa shape index (κ3) is 3.56. The summed E-state index contributed by atoms with van der Waals surface area (Å²) in [6.07, 6.45) is -0.818. The van der Waals surface area contributed by atoms with Gasteiger partial charge in [-0.15, -0.1) is 0 Å². The van der Waals surface area contributed by atoms with Gasteiger partial charge in [-0.05, 0) is 24.6 Å². The molecular formula is C14H15Cl2N3O2. The number of nitrogens with zero attached hydrogens (tertiary/aromatic N) is 2. The summed E-state index contributed by atoms with van der Waals surface area (Å²) in [5, 5.41) is 17.6. The molecule has 1 aromatic heterocycles. The zero-order chi connectivity index (χ0) is 15.6. The molecule has 0 radical (unpaired) electrons. The molecule has 1 atom stereocenters. The number of carbonyl (C=O) groups is 1. The fourth-order valence-electron chi connectivity index (χ4n) is 1.97. The summed E-state index contributed by atoms with van der Waals surface area (Å²) in [5.41, 5.74) is 1.54. The van der Waals surface area contributed by atoms with Gasteiger partial charge in [0.05, 0.1) is 17.4 Å². The first kappa shape index (κ1) is 15.8. The molecule has 0 aliphatic carbocycles. The van der Waals surface area contributed by atoms with E-state index in [0.29, 0.717) is 21.8 Å². The summed E-state index contributed by atoms with van der Waals surface area (Å²) in [6.45, 7) is 1.78. The van der Waals surface area contributed by atoms with Crippen LogP contribution >= 0.6 is 23.2 Å². The predicted octanol–water partition coefficient (Wildman–Crippen LogP) is 2.50. The zero-order valence-corrected chi connectivity index (χ0v) is 13.1. The molecule has 0 saturated heterocycles. The summed E-state index contributed by atoms with van der Waals surface area (Å²) in [7, 11) is 1.66. The Bertz CT molecular complexity index is 653. The van der Waals surface area contributed by atoms with Gasteiger partial charge in [0.1, 0.15) is 5.15 Å². The minimum absolute atomic E-state index is 0.0745. The number of benzene rings is 1. The fourth-order valence-corrected chi connectivity index (χ4v) is 2.35. The summed E-state index contributed by atoms with van der Waals surface area (Å²) < 4.78 is 1.43. The van der Waals surface area contributed by atoms with Gasteiger partial charge in [-0.1, -0.05) is 35.3 Å². The Morgan fingerprint density at radius 2 is 2.00 bits per heavy atom. The van der Waals surface area contributed by atoms with Gasteiger partial charge in [0.15, 0.2) is 0 Å². The number of aryl methyl sites for hydroxylation is 2. The normalized spacial score (nSPS) is 12.2. The van der Waals surface area contributed by atoms with E-state index in [1.807, 2.05) is 0 Å². The number of aromatic nitrogens is 2. The van der Waals surface area contributed by atoms with Gasteiger partial charge in [-0.3, -0.25) is 9.48 Å². The molecule has 0 aliphatic heterocycles. The lowest BCUT2D eigenvalue weighted by atomic mass is 10.1. The predicted molar refractivity (Wildman–Crippen MR) is 81.7 cm³/mol. The molecule has 5 nitrogen and oxygen atoms in total. The minimum Gasteiger partial charge on any atom is -0.387 e. The van der Waals surface area contributed by atoms with Crippen LogP contribution in [0.3, 0.4) is 0 Å². The molecule has 7 heteroatoms. The number of hydrogen-bond acceptors (Lipinski definition) is 3. The Morgan fingerprint density at radius 3 is 2.52 bits per heavy atom. The van der Waals surface area contributed by atoms with Crippen molar-refractivity contribution in [3.63, 3.8) is 0 Å². The summed E-state index contributed by atoms with van der Waals surface area (Å²) in [6, 6.07) is 6.79. The van der Waals surface area contributed by atoms with E-state index in [1.54, 1.807) is 38.2 Å². The van der Waals surface area contributed by atoms with Crippen LogP contribution in [0.4, 0.5) is 0 Å². The average molecular weight is 328 g/mol. The summed E-state index contributed by atoms with van der Waals surface area (Å²) >= 11 is 11.8. The molecule has 2 rings (SSSR count). The monoisotopic (exact) mass is 327 g/mol. The Morgan fingerprint density at radius 1 is 1.38 bits per heavy atom. The highest BCUT2D eigenvalue weighted by molar-refractivity contribution is 6.33. The Labute approximate surface area is 132 Å². The smallest absolute Gasteiger partial charge is 0.256 e. The maximum atomic E-state index is 12.1. The Hall–Kier alpha value is -1.56. The van der Waals surface area contributed by atoms with E-state index in [1.165, 1.54) is 4.68 Å². The van der Waals surface area contributed by atoms with Crippen molar-refractivity contribution in [2.24, 2.45) is 7.05 Å². The number of carbonyl (C=O) groups excluding carboxylic acids is 1. The SMILES string of the molecule is Cc1nn(C)c(Cl)c1C(=O)NCC(O)c1ccc(Cl)cc1. The molecule has 1 amide bonds. The lowest BCUT2D eigenvalue weighted by Crippen LogP contribution is -2.28. The van der Waals surface area contributed by atoms with E-state index < -0.39 is 6.10 Å². The number of halogens is 2. The van der Waals surface area contributed by atoms with Crippen LogP contribution in [0.5, 0.6) is 0 Å². The summed E-state index contributed by atoms with van der Waals surface area (Å²) in [5.74, 6) is -0.362. The van der Waals surface area contributed by atoms with Crippen LogP contribution in [0.15, 0.2) is 24.3 Å². The second-order valence-corrected chi connectivity index (χ2v) is 5.45. The number of hydrogen-bond donors (Lipinski definition) is 2. The number of rotatable bonds is 4. The second-order valence-electron chi connectivity index (χ2n) is 4.65. The lowest BCUT2D eigenvalue weighted by Gasteiger charge is -2.12. The van der Waals surface area contributed by atoms with Crippen molar-refractivity contribution in [2.45, 2.75) is 13.0 Å². The van der Waals surface area contributed by atoms with Crippen LogP contribution in [0.2, 0.25) is 10.2 Å². The first-order valence-electron chi connectivity index (χ1n) is 6.31. The van der Waals surface area contributed by atoms with Crippen molar-refractivity contribution in [3.8, 4) is 0 Å². The maximum Gasteiger partial charge on any atom is 0.256 e. The molecule has 21 heavy (non-hydrogen) atoms. The molecule has 0 spiro atoms. The van der Waals surface area contributed by atoms with Gasteiger partial charge in [0.2, 0.25) is 0 Å². The standard InChI is InChI=1S/C14H15Cl2N3O2/c1-8-12(13(16)19(2)18-8)14(21)17-7-11(20)9-3-5-10(15)6-4-9/h3-6,11,20H,7H2,1-2H3,(H,17,21). The molecule has 1 unspecified atom stereocenters. The van der Waals surface area contributed by atoms with Gasteiger partial charge in [-0.2, -0.15) is 5.10 Å². The first-order valence-corrected chi connectivity index (χ1v) is 7.06. The molecule has 1 aromatic carbocycles. The van der Waals surface area contributed by atoms with Crippen LogP contribution in [0, 0.1) is 6.92 Å². The van der Waals surface area contributed by atoms with Crippen molar-refractivity contribution in [2.75, 3.05) is 6.54 Å². The van der Waals surface area contributed by atoms with E-state index in [-0.39, 0.29) is 17.6 Å².